The van der Waals surface area contributed by atoms with Crippen molar-refractivity contribution < 1.29 is 18.7 Å². The Hall–Kier alpha value is -2.41. The Balaban J connectivity index is 1.27. The first kappa shape index (κ1) is 20.5. The highest BCUT2D eigenvalue weighted by molar-refractivity contribution is 6.01. The van der Waals surface area contributed by atoms with E-state index in [1.54, 1.807) is 4.90 Å². The van der Waals surface area contributed by atoms with E-state index in [0.29, 0.717) is 49.5 Å². The van der Waals surface area contributed by atoms with Gasteiger partial charge in [-0.3, -0.25) is 14.5 Å². The van der Waals surface area contributed by atoms with E-state index >= 15 is 0 Å². The minimum atomic E-state index is -0.668. The van der Waals surface area contributed by atoms with Crippen LogP contribution >= 0.6 is 0 Å². The summed E-state index contributed by atoms with van der Waals surface area (Å²) in [5.41, 5.74) is 2.27. The highest BCUT2D eigenvalue weighted by atomic mass is 19.1. The lowest BCUT2D eigenvalue weighted by molar-refractivity contribution is -0.126. The molecule has 1 aromatic rings. The van der Waals surface area contributed by atoms with Gasteiger partial charge in [-0.25, -0.2) is 4.39 Å². The van der Waals surface area contributed by atoms with Crippen molar-refractivity contribution in [2.75, 3.05) is 13.1 Å². The molecule has 4 aliphatic rings. The molecule has 3 atom stereocenters. The Morgan fingerprint density at radius 1 is 1.10 bits per heavy atom. The maximum absolute atomic E-state index is 13.5. The molecule has 3 aliphatic heterocycles. The summed E-state index contributed by atoms with van der Waals surface area (Å²) in [6, 6.07) is 5.53. The molecule has 1 aromatic carbocycles. The molecule has 7 heteroatoms. The highest BCUT2D eigenvalue weighted by Crippen LogP contribution is 2.34. The van der Waals surface area contributed by atoms with Crippen LogP contribution in [0.15, 0.2) is 30.5 Å². The van der Waals surface area contributed by atoms with E-state index in [1.807, 2.05) is 18.2 Å². The zero-order chi connectivity index (χ0) is 21.5. The van der Waals surface area contributed by atoms with Gasteiger partial charge in [0.25, 0.3) is 5.91 Å². The largest absolute Gasteiger partial charge is 0.489 e. The number of likely N-dealkylation sites (tertiary alicyclic amines) is 1. The Labute approximate surface area is 182 Å². The van der Waals surface area contributed by atoms with E-state index in [1.165, 1.54) is 0 Å². The number of fused-ring (bicyclic) bond motifs is 1. The predicted octanol–water partition coefficient (Wildman–Crippen LogP) is 3.17. The van der Waals surface area contributed by atoms with Crippen LogP contribution in [-0.4, -0.2) is 59.1 Å². The summed E-state index contributed by atoms with van der Waals surface area (Å²) in [5, 5.41) is 2.77. The van der Waals surface area contributed by atoms with Crippen LogP contribution in [0.4, 0.5) is 4.39 Å². The molecule has 2 saturated heterocycles. The quantitative estimate of drug-likeness (QED) is 0.802. The van der Waals surface area contributed by atoms with Gasteiger partial charge < -0.3 is 15.0 Å². The molecule has 2 amide bonds. The van der Waals surface area contributed by atoms with Gasteiger partial charge in [0.2, 0.25) is 5.91 Å². The van der Waals surface area contributed by atoms with Crippen LogP contribution in [0.25, 0.3) is 0 Å². The lowest BCUT2D eigenvalue weighted by atomic mass is 10.0. The Bertz CT molecular complexity index is 896. The third-order valence-corrected chi connectivity index (χ3v) is 7.24. The minimum absolute atomic E-state index is 0.0950. The molecule has 1 aliphatic carbocycles. The van der Waals surface area contributed by atoms with Crippen LogP contribution in [0.2, 0.25) is 0 Å². The normalized spacial score (nSPS) is 29.9. The minimum Gasteiger partial charge on any atom is -0.489 e. The SMILES string of the molecule is C=C1CCC(N2Cc3cc(O[C@H]4CCC[C@H]4N4CCC(F)CC4)ccc3C2=O)C(=O)N1. The zero-order valence-corrected chi connectivity index (χ0v) is 17.8. The van der Waals surface area contributed by atoms with E-state index < -0.39 is 12.2 Å². The van der Waals surface area contributed by atoms with Crippen molar-refractivity contribution in [3.8, 4) is 5.75 Å². The Kier molecular flexibility index (Phi) is 5.46. The molecule has 0 radical (unpaired) electrons. The van der Waals surface area contributed by atoms with Crippen molar-refractivity contribution in [2.24, 2.45) is 0 Å². The number of nitrogens with one attached hydrogen (secondary N) is 1. The standard InChI is InChI=1S/C24H30FN3O3/c1-15-5-8-21(23(29)26-15)28-14-16-13-18(6-7-19(16)24(28)30)31-22-4-2-3-20(22)27-11-9-17(25)10-12-27/h6-7,13,17,20-22H,1-5,8-12,14H2,(H,26,29)/t20-,21?,22+/m1/s1. The van der Waals surface area contributed by atoms with Crippen LogP contribution in [0.3, 0.4) is 0 Å². The van der Waals surface area contributed by atoms with Crippen molar-refractivity contribution in [3.63, 3.8) is 0 Å². The average Bonchev–Trinajstić information content (AvgIpc) is 3.33. The van der Waals surface area contributed by atoms with E-state index in [2.05, 4.69) is 16.8 Å². The zero-order valence-electron chi connectivity index (χ0n) is 17.8. The number of allylic oxidation sites excluding steroid dienone is 1. The fourth-order valence-corrected chi connectivity index (χ4v) is 5.54. The summed E-state index contributed by atoms with van der Waals surface area (Å²) in [7, 11) is 0. The third-order valence-electron chi connectivity index (χ3n) is 7.24. The predicted molar refractivity (Wildman–Crippen MR) is 114 cm³/mol. The van der Waals surface area contributed by atoms with E-state index in [9.17, 15) is 14.0 Å². The molecular formula is C24H30FN3O3. The Morgan fingerprint density at radius 3 is 2.68 bits per heavy atom. The van der Waals surface area contributed by atoms with E-state index in [-0.39, 0.29) is 17.9 Å². The number of nitrogens with zero attached hydrogens (tertiary/aromatic N) is 2. The van der Waals surface area contributed by atoms with Gasteiger partial charge in [-0.15, -0.1) is 0 Å². The fraction of sp³-hybridized carbons (Fsp3) is 0.583. The van der Waals surface area contributed by atoms with Gasteiger partial charge in [0.05, 0.1) is 0 Å². The number of alkyl halides is 1. The molecule has 6 nitrogen and oxygen atoms in total. The molecule has 3 heterocycles. The van der Waals surface area contributed by atoms with E-state index in [4.69, 9.17) is 4.74 Å². The Morgan fingerprint density at radius 2 is 1.90 bits per heavy atom. The molecule has 3 fully saturated rings. The van der Waals surface area contributed by atoms with Crippen LogP contribution in [0, 0.1) is 0 Å². The molecule has 0 aromatic heterocycles. The van der Waals surface area contributed by atoms with Crippen LogP contribution in [-0.2, 0) is 11.3 Å². The van der Waals surface area contributed by atoms with Crippen LogP contribution in [0.5, 0.6) is 5.75 Å². The summed E-state index contributed by atoms with van der Waals surface area (Å²) < 4.78 is 19.9. The molecule has 5 rings (SSSR count). The second-order valence-electron chi connectivity index (χ2n) is 9.26. The maximum atomic E-state index is 13.5. The second kappa shape index (κ2) is 8.26. The fourth-order valence-electron chi connectivity index (χ4n) is 5.54. The van der Waals surface area contributed by atoms with Gasteiger partial charge in [-0.2, -0.15) is 0 Å². The molecule has 0 spiro atoms. The van der Waals surface area contributed by atoms with Gasteiger partial charge >= 0.3 is 0 Å². The van der Waals surface area contributed by atoms with Crippen molar-refractivity contribution in [2.45, 2.75) is 75.8 Å². The topological polar surface area (TPSA) is 61.9 Å². The summed E-state index contributed by atoms with van der Waals surface area (Å²) in [6.07, 6.45) is 5.14. The van der Waals surface area contributed by atoms with E-state index in [0.717, 1.165) is 43.7 Å². The number of benzene rings is 1. The number of ether oxygens (including phenoxy) is 1. The smallest absolute Gasteiger partial charge is 0.255 e. The number of halogens is 1. The maximum Gasteiger partial charge on any atom is 0.255 e. The average molecular weight is 428 g/mol. The van der Waals surface area contributed by atoms with Crippen LogP contribution < -0.4 is 10.1 Å². The van der Waals surface area contributed by atoms with Crippen LogP contribution in [0.1, 0.15) is 60.9 Å². The van der Waals surface area contributed by atoms with Crippen molar-refractivity contribution in [1.29, 1.82) is 0 Å². The summed E-state index contributed by atoms with van der Waals surface area (Å²) in [4.78, 5) is 29.3. The molecule has 1 unspecified atom stereocenters. The first-order valence-electron chi connectivity index (χ1n) is 11.5. The first-order chi connectivity index (χ1) is 15.0. The lowest BCUT2D eigenvalue weighted by Crippen LogP contribution is -2.49. The van der Waals surface area contributed by atoms with Crippen molar-refractivity contribution >= 4 is 11.8 Å². The van der Waals surface area contributed by atoms with Crippen molar-refractivity contribution in [1.82, 2.24) is 15.1 Å². The number of hydrogen-bond donors (Lipinski definition) is 1. The number of piperidine rings is 2. The summed E-state index contributed by atoms with van der Waals surface area (Å²) in [6.45, 7) is 5.84. The number of hydrogen-bond acceptors (Lipinski definition) is 4. The van der Waals surface area contributed by atoms with Gasteiger partial charge in [-0.1, -0.05) is 6.58 Å². The number of amides is 2. The molecule has 31 heavy (non-hydrogen) atoms. The molecule has 166 valence electrons. The second-order valence-corrected chi connectivity index (χ2v) is 9.26. The van der Waals surface area contributed by atoms with Gasteiger partial charge in [0.1, 0.15) is 24.1 Å². The highest BCUT2D eigenvalue weighted by Gasteiger charge is 2.39. The van der Waals surface area contributed by atoms with Gasteiger partial charge in [0, 0.05) is 36.9 Å². The third kappa shape index (κ3) is 3.95. The molecule has 0 bridgehead atoms. The first-order valence-corrected chi connectivity index (χ1v) is 11.5. The van der Waals surface area contributed by atoms with Gasteiger partial charge in [-0.05, 0) is 68.7 Å². The van der Waals surface area contributed by atoms with Crippen molar-refractivity contribution in [3.05, 3.63) is 41.6 Å². The lowest BCUT2D eigenvalue weighted by Gasteiger charge is -2.36. The summed E-state index contributed by atoms with van der Waals surface area (Å²) in [5.74, 6) is 0.522. The molecule has 1 N–H and O–H groups in total. The number of carbonyl (C=O) groups excluding carboxylic acids is 2. The number of carbonyl (C=O) groups is 2. The molecule has 1 saturated carbocycles. The number of rotatable bonds is 4. The molecular weight excluding hydrogens is 397 g/mol. The van der Waals surface area contributed by atoms with Gasteiger partial charge in [0.15, 0.2) is 0 Å². The summed E-state index contributed by atoms with van der Waals surface area (Å²) >= 11 is 0. The monoisotopic (exact) mass is 427 g/mol.